The molecule has 5 heteroatoms. The van der Waals surface area contributed by atoms with E-state index in [-0.39, 0.29) is 6.10 Å². The molecule has 13 heavy (non-hydrogen) atoms. The summed E-state index contributed by atoms with van der Waals surface area (Å²) in [5, 5.41) is 9.86. The molecule has 0 amide bonds. The SMILES string of the molecule is CNC[C@H]1OCC[C@H]1c1ncn[nH]1. The van der Waals surface area contributed by atoms with Gasteiger partial charge in [0.1, 0.15) is 12.2 Å². The van der Waals surface area contributed by atoms with E-state index in [1.807, 2.05) is 7.05 Å². The molecule has 1 aromatic rings. The fraction of sp³-hybridized carbons (Fsp3) is 0.750. The van der Waals surface area contributed by atoms with Gasteiger partial charge in [0.05, 0.1) is 6.10 Å². The monoisotopic (exact) mass is 182 g/mol. The van der Waals surface area contributed by atoms with E-state index in [0.29, 0.717) is 5.92 Å². The van der Waals surface area contributed by atoms with Crippen LogP contribution in [-0.4, -0.2) is 41.5 Å². The Morgan fingerprint density at radius 3 is 3.38 bits per heavy atom. The summed E-state index contributed by atoms with van der Waals surface area (Å²) in [6.45, 7) is 1.68. The number of ether oxygens (including phenoxy) is 1. The summed E-state index contributed by atoms with van der Waals surface area (Å²) in [6, 6.07) is 0. The van der Waals surface area contributed by atoms with Gasteiger partial charge in [-0.1, -0.05) is 0 Å². The van der Waals surface area contributed by atoms with Gasteiger partial charge in [0, 0.05) is 19.1 Å². The first-order chi connectivity index (χ1) is 6.42. The summed E-state index contributed by atoms with van der Waals surface area (Å²) < 4.78 is 5.58. The molecule has 0 saturated carbocycles. The number of likely N-dealkylation sites (N-methyl/N-ethyl adjacent to an activating group) is 1. The van der Waals surface area contributed by atoms with Gasteiger partial charge in [0.25, 0.3) is 0 Å². The lowest BCUT2D eigenvalue weighted by Gasteiger charge is -2.15. The lowest BCUT2D eigenvalue weighted by molar-refractivity contribution is 0.103. The van der Waals surface area contributed by atoms with Crippen LogP contribution in [0.2, 0.25) is 0 Å². The smallest absolute Gasteiger partial charge is 0.137 e. The van der Waals surface area contributed by atoms with Gasteiger partial charge in [0.15, 0.2) is 0 Å². The second-order valence-electron chi connectivity index (χ2n) is 3.23. The molecule has 2 heterocycles. The minimum Gasteiger partial charge on any atom is -0.376 e. The zero-order chi connectivity index (χ0) is 9.10. The summed E-state index contributed by atoms with van der Waals surface area (Å²) in [5.74, 6) is 1.31. The van der Waals surface area contributed by atoms with E-state index in [0.717, 1.165) is 25.4 Å². The highest BCUT2D eigenvalue weighted by Crippen LogP contribution is 2.27. The Morgan fingerprint density at radius 1 is 1.77 bits per heavy atom. The second kappa shape index (κ2) is 3.85. The van der Waals surface area contributed by atoms with Crippen molar-refractivity contribution in [2.24, 2.45) is 0 Å². The van der Waals surface area contributed by atoms with Gasteiger partial charge in [-0.3, -0.25) is 5.10 Å². The largest absolute Gasteiger partial charge is 0.376 e. The molecule has 0 radical (unpaired) electrons. The molecule has 1 aliphatic heterocycles. The normalized spacial score (nSPS) is 28.1. The molecule has 0 unspecified atom stereocenters. The molecule has 1 aromatic heterocycles. The molecule has 2 N–H and O–H groups in total. The number of nitrogens with one attached hydrogen (secondary N) is 2. The molecule has 0 aliphatic carbocycles. The van der Waals surface area contributed by atoms with Gasteiger partial charge < -0.3 is 10.1 Å². The predicted octanol–water partition coefficient (Wildman–Crippen LogP) is -0.103. The first-order valence-electron chi connectivity index (χ1n) is 4.53. The fourth-order valence-corrected chi connectivity index (χ4v) is 1.76. The molecule has 0 aromatic carbocycles. The number of nitrogens with zero attached hydrogens (tertiary/aromatic N) is 2. The fourth-order valence-electron chi connectivity index (χ4n) is 1.76. The number of rotatable bonds is 3. The predicted molar refractivity (Wildman–Crippen MR) is 47.4 cm³/mol. The van der Waals surface area contributed by atoms with Crippen molar-refractivity contribution in [3.8, 4) is 0 Å². The quantitative estimate of drug-likeness (QED) is 0.685. The van der Waals surface area contributed by atoms with Crippen LogP contribution < -0.4 is 5.32 Å². The molecule has 2 atom stereocenters. The Balaban J connectivity index is 2.05. The number of aromatic amines is 1. The van der Waals surface area contributed by atoms with Gasteiger partial charge in [-0.25, -0.2) is 4.98 Å². The standard InChI is InChI=1S/C8H14N4O/c1-9-4-7-6(2-3-13-7)8-10-5-11-12-8/h5-7,9H,2-4H2,1H3,(H,10,11,12)/t6-,7-/m1/s1. The van der Waals surface area contributed by atoms with E-state index in [4.69, 9.17) is 4.74 Å². The van der Waals surface area contributed by atoms with E-state index in [1.54, 1.807) is 6.33 Å². The Labute approximate surface area is 76.9 Å². The van der Waals surface area contributed by atoms with E-state index in [1.165, 1.54) is 0 Å². The van der Waals surface area contributed by atoms with Crippen LogP contribution in [0.3, 0.4) is 0 Å². The Hall–Kier alpha value is -0.940. The molecule has 0 bridgehead atoms. The van der Waals surface area contributed by atoms with Gasteiger partial charge in [0.2, 0.25) is 0 Å². The third kappa shape index (κ3) is 1.71. The Kier molecular flexibility index (Phi) is 2.56. The topological polar surface area (TPSA) is 62.8 Å². The van der Waals surface area contributed by atoms with E-state index in [2.05, 4.69) is 20.5 Å². The van der Waals surface area contributed by atoms with Crippen LogP contribution in [0.1, 0.15) is 18.2 Å². The first-order valence-corrected chi connectivity index (χ1v) is 4.53. The van der Waals surface area contributed by atoms with E-state index in [9.17, 15) is 0 Å². The Bertz CT molecular complexity index is 249. The highest BCUT2D eigenvalue weighted by Gasteiger charge is 2.30. The summed E-state index contributed by atoms with van der Waals surface area (Å²) in [4.78, 5) is 4.16. The number of aromatic nitrogens is 3. The zero-order valence-corrected chi connectivity index (χ0v) is 7.66. The minimum atomic E-state index is 0.234. The van der Waals surface area contributed by atoms with E-state index < -0.39 is 0 Å². The van der Waals surface area contributed by atoms with Crippen molar-refractivity contribution in [3.63, 3.8) is 0 Å². The van der Waals surface area contributed by atoms with Gasteiger partial charge in [-0.2, -0.15) is 5.10 Å². The molecule has 0 spiro atoms. The van der Waals surface area contributed by atoms with Gasteiger partial charge in [-0.05, 0) is 13.5 Å². The van der Waals surface area contributed by atoms with Crippen molar-refractivity contribution in [3.05, 3.63) is 12.2 Å². The lowest BCUT2D eigenvalue weighted by Crippen LogP contribution is -2.28. The van der Waals surface area contributed by atoms with Crippen LogP contribution in [0.25, 0.3) is 0 Å². The number of hydrogen-bond donors (Lipinski definition) is 2. The zero-order valence-electron chi connectivity index (χ0n) is 7.66. The highest BCUT2D eigenvalue weighted by molar-refractivity contribution is 5.00. The highest BCUT2D eigenvalue weighted by atomic mass is 16.5. The molecule has 72 valence electrons. The van der Waals surface area contributed by atoms with E-state index >= 15 is 0 Å². The average molecular weight is 182 g/mol. The molecular weight excluding hydrogens is 168 g/mol. The lowest BCUT2D eigenvalue weighted by atomic mass is 10.0. The maximum atomic E-state index is 5.58. The van der Waals surface area contributed by atoms with Crippen LogP contribution in [0.5, 0.6) is 0 Å². The van der Waals surface area contributed by atoms with Crippen molar-refractivity contribution >= 4 is 0 Å². The molecular formula is C8H14N4O. The van der Waals surface area contributed by atoms with Gasteiger partial charge >= 0.3 is 0 Å². The van der Waals surface area contributed by atoms with Crippen LogP contribution in [0.15, 0.2) is 6.33 Å². The second-order valence-corrected chi connectivity index (χ2v) is 3.23. The third-order valence-corrected chi connectivity index (χ3v) is 2.40. The summed E-state index contributed by atoms with van der Waals surface area (Å²) in [6.07, 6.45) is 2.81. The third-order valence-electron chi connectivity index (χ3n) is 2.40. The molecule has 5 nitrogen and oxygen atoms in total. The maximum absolute atomic E-state index is 5.58. The van der Waals surface area contributed by atoms with Crippen LogP contribution in [-0.2, 0) is 4.74 Å². The van der Waals surface area contributed by atoms with Crippen molar-refractivity contribution in [2.45, 2.75) is 18.4 Å². The first kappa shape index (κ1) is 8.65. The number of hydrogen-bond acceptors (Lipinski definition) is 4. The Morgan fingerprint density at radius 2 is 2.69 bits per heavy atom. The molecule has 1 saturated heterocycles. The van der Waals surface area contributed by atoms with Crippen molar-refractivity contribution in [1.29, 1.82) is 0 Å². The number of H-pyrrole nitrogens is 1. The maximum Gasteiger partial charge on any atom is 0.137 e. The molecule has 2 rings (SSSR count). The van der Waals surface area contributed by atoms with Crippen molar-refractivity contribution in [1.82, 2.24) is 20.5 Å². The average Bonchev–Trinajstić information content (AvgIpc) is 2.71. The summed E-state index contributed by atoms with van der Waals surface area (Å²) in [7, 11) is 1.93. The summed E-state index contributed by atoms with van der Waals surface area (Å²) in [5.41, 5.74) is 0. The van der Waals surface area contributed by atoms with Crippen molar-refractivity contribution in [2.75, 3.05) is 20.2 Å². The molecule has 1 aliphatic rings. The summed E-state index contributed by atoms with van der Waals surface area (Å²) >= 11 is 0. The van der Waals surface area contributed by atoms with Crippen LogP contribution in [0, 0.1) is 0 Å². The van der Waals surface area contributed by atoms with Crippen LogP contribution in [0.4, 0.5) is 0 Å². The van der Waals surface area contributed by atoms with Crippen LogP contribution >= 0.6 is 0 Å². The van der Waals surface area contributed by atoms with Gasteiger partial charge in [-0.15, -0.1) is 0 Å². The van der Waals surface area contributed by atoms with Crippen molar-refractivity contribution < 1.29 is 4.74 Å². The minimum absolute atomic E-state index is 0.234. The molecule has 1 fully saturated rings.